The highest BCUT2D eigenvalue weighted by Gasteiger charge is 2.54. The predicted molar refractivity (Wildman–Crippen MR) is 110 cm³/mol. The van der Waals surface area contributed by atoms with E-state index in [1.807, 2.05) is 0 Å². The molecule has 1 fully saturated rings. The van der Waals surface area contributed by atoms with E-state index in [4.69, 9.17) is 4.84 Å². The summed E-state index contributed by atoms with van der Waals surface area (Å²) in [5, 5.41) is 26.9. The summed E-state index contributed by atoms with van der Waals surface area (Å²) >= 11 is 5.51. The first-order valence-corrected chi connectivity index (χ1v) is 10.8. The van der Waals surface area contributed by atoms with Crippen LogP contribution in [0.25, 0.3) is 0 Å². The summed E-state index contributed by atoms with van der Waals surface area (Å²) < 4.78 is 0.398. The monoisotopic (exact) mass is 519 g/mol. The number of aliphatic carboxylic acids is 1. The summed E-state index contributed by atoms with van der Waals surface area (Å²) in [4.78, 5) is 57.3. The highest BCUT2D eigenvalue weighted by atomic mass is 79.9. The van der Waals surface area contributed by atoms with Crippen molar-refractivity contribution in [3.8, 4) is 0 Å². The van der Waals surface area contributed by atoms with Crippen LogP contribution < -0.4 is 10.6 Å². The van der Waals surface area contributed by atoms with Gasteiger partial charge in [0, 0.05) is 5.75 Å². The smallest absolute Gasteiger partial charge is 0.352 e. The molecule has 0 saturated carbocycles. The maximum Gasteiger partial charge on any atom is 0.352 e. The molecule has 30 heavy (non-hydrogen) atoms. The van der Waals surface area contributed by atoms with E-state index >= 15 is 0 Å². The van der Waals surface area contributed by atoms with Gasteiger partial charge in [-0.25, -0.2) is 9.78 Å². The van der Waals surface area contributed by atoms with Crippen LogP contribution in [0.15, 0.2) is 20.2 Å². The minimum atomic E-state index is -1.33. The molecule has 1 unspecified atom stereocenters. The molecule has 12 nitrogen and oxygen atoms in total. The summed E-state index contributed by atoms with van der Waals surface area (Å²) in [6.07, 6.45) is 0.429. The molecule has 0 aromatic carbocycles. The molecule has 1 aromatic heterocycles. The Hall–Kier alpha value is -2.49. The topological polar surface area (TPSA) is 171 Å². The van der Waals surface area contributed by atoms with Crippen LogP contribution in [0.1, 0.15) is 5.69 Å². The zero-order valence-corrected chi connectivity index (χ0v) is 18.3. The van der Waals surface area contributed by atoms with Crippen LogP contribution in [0.2, 0.25) is 0 Å². The molecule has 3 rings (SSSR count). The highest BCUT2D eigenvalue weighted by molar-refractivity contribution is 9.11. The van der Waals surface area contributed by atoms with Gasteiger partial charge < -0.3 is 25.7 Å². The molecule has 0 aliphatic carbocycles. The molecular weight excluding hydrogens is 506 g/mol. The number of β-lactam (4-membered cyclic amide) rings is 1. The number of halogens is 1. The third-order valence-corrected chi connectivity index (χ3v) is 7.09. The normalized spacial score (nSPS) is 21.0. The van der Waals surface area contributed by atoms with E-state index in [-0.39, 0.29) is 33.6 Å². The number of oxime groups is 1. The minimum Gasteiger partial charge on any atom is -0.477 e. The second-order valence-corrected chi connectivity index (χ2v) is 9.22. The second-order valence-electron chi connectivity index (χ2n) is 5.80. The molecule has 2 aliphatic rings. The van der Waals surface area contributed by atoms with Crippen LogP contribution in [-0.4, -0.2) is 80.9 Å². The number of carboxylic acids is 1. The molecule has 2 aliphatic heterocycles. The summed E-state index contributed by atoms with van der Waals surface area (Å²) in [7, 11) is 1.23. The fourth-order valence-electron chi connectivity index (χ4n) is 2.86. The molecular formula is C15H14BrN5O7S2. The van der Waals surface area contributed by atoms with E-state index in [0.29, 0.717) is 10.2 Å². The molecule has 3 heterocycles. The van der Waals surface area contributed by atoms with Gasteiger partial charge in [-0.1, -0.05) is 16.5 Å². The van der Waals surface area contributed by atoms with Crippen molar-refractivity contribution >= 4 is 74.1 Å². The van der Waals surface area contributed by atoms with Crippen LogP contribution in [0, 0.1) is 0 Å². The van der Waals surface area contributed by atoms with Crippen molar-refractivity contribution in [2.24, 2.45) is 5.16 Å². The number of thioether (sulfide) groups is 1. The van der Waals surface area contributed by atoms with Gasteiger partial charge in [0.2, 0.25) is 6.41 Å². The van der Waals surface area contributed by atoms with E-state index in [2.05, 4.69) is 36.7 Å². The number of rotatable bonds is 8. The van der Waals surface area contributed by atoms with Crippen LogP contribution in [0.4, 0.5) is 5.13 Å². The largest absolute Gasteiger partial charge is 0.477 e. The average Bonchev–Trinajstić information content (AvgIpc) is 3.08. The van der Waals surface area contributed by atoms with Gasteiger partial charge >= 0.3 is 5.97 Å². The third-order valence-electron chi connectivity index (χ3n) is 4.12. The number of carbonyl (C=O) groups is 4. The van der Waals surface area contributed by atoms with Gasteiger partial charge in [0.1, 0.15) is 33.7 Å². The molecule has 1 saturated heterocycles. The van der Waals surface area contributed by atoms with Gasteiger partial charge in [-0.15, -0.1) is 11.8 Å². The number of aromatic nitrogens is 1. The van der Waals surface area contributed by atoms with Crippen molar-refractivity contribution in [2.75, 3.05) is 24.8 Å². The zero-order chi connectivity index (χ0) is 22.0. The molecule has 0 radical (unpaired) electrons. The van der Waals surface area contributed by atoms with E-state index < -0.39 is 35.8 Å². The maximum atomic E-state index is 12.8. The number of nitrogens with zero attached hydrogens (tertiary/aromatic N) is 3. The van der Waals surface area contributed by atoms with Gasteiger partial charge in [-0.3, -0.25) is 19.3 Å². The van der Waals surface area contributed by atoms with Gasteiger partial charge in [0.15, 0.2) is 10.8 Å². The third kappa shape index (κ3) is 3.92. The van der Waals surface area contributed by atoms with Crippen molar-refractivity contribution in [2.45, 2.75) is 11.4 Å². The number of fused-ring (bicyclic) bond motifs is 1. The summed E-state index contributed by atoms with van der Waals surface area (Å²) in [6, 6.07) is -0.996. The Morgan fingerprint density at radius 3 is 2.83 bits per heavy atom. The fourth-order valence-corrected chi connectivity index (χ4v) is 5.58. The van der Waals surface area contributed by atoms with Crippen molar-refractivity contribution < 1.29 is 34.2 Å². The zero-order valence-electron chi connectivity index (χ0n) is 15.1. The average molecular weight is 520 g/mol. The first-order valence-electron chi connectivity index (χ1n) is 8.13. The predicted octanol–water partition coefficient (Wildman–Crippen LogP) is -0.445. The first kappa shape index (κ1) is 22.2. The van der Waals surface area contributed by atoms with Gasteiger partial charge in [-0.2, -0.15) is 0 Å². The summed E-state index contributed by atoms with van der Waals surface area (Å²) in [5.74, 6) is -2.52. The Bertz CT molecular complexity index is 979. The lowest BCUT2D eigenvalue weighted by atomic mass is 10.0. The lowest BCUT2D eigenvalue weighted by Crippen LogP contribution is -2.71. The van der Waals surface area contributed by atoms with Gasteiger partial charge in [-0.05, 0) is 21.5 Å². The lowest BCUT2D eigenvalue weighted by Gasteiger charge is -2.49. The number of carboxylic acid groups (broad SMARTS) is 1. The molecule has 160 valence electrons. The first-order chi connectivity index (χ1) is 14.3. The van der Waals surface area contributed by atoms with E-state index in [0.717, 1.165) is 16.2 Å². The number of nitrogens with one attached hydrogen (secondary N) is 2. The van der Waals surface area contributed by atoms with Crippen LogP contribution in [0.5, 0.6) is 0 Å². The van der Waals surface area contributed by atoms with Crippen molar-refractivity contribution in [1.29, 1.82) is 0 Å². The number of aliphatic hydroxyl groups excluding tert-OH is 1. The molecule has 0 spiro atoms. The van der Waals surface area contributed by atoms with Gasteiger partial charge in [0.25, 0.3) is 11.8 Å². The highest BCUT2D eigenvalue weighted by Crippen LogP contribution is 2.40. The summed E-state index contributed by atoms with van der Waals surface area (Å²) in [6.45, 7) is -0.484. The number of hydrogen-bond donors (Lipinski definition) is 4. The second kappa shape index (κ2) is 9.11. The van der Waals surface area contributed by atoms with Crippen LogP contribution in [-0.2, 0) is 24.0 Å². The Morgan fingerprint density at radius 1 is 1.50 bits per heavy atom. The molecule has 1 aromatic rings. The SMILES string of the molecule is CO/N=C(\C(=O)NC1C(=O)N2C(C(=O)O)=C(CO)CS[C@H]12)c1nc(NC=O)sc1Br. The summed E-state index contributed by atoms with van der Waals surface area (Å²) in [5.41, 5.74) is -0.187. The van der Waals surface area contributed by atoms with Crippen molar-refractivity contribution in [3.05, 3.63) is 20.8 Å². The minimum absolute atomic E-state index is 0.0947. The Morgan fingerprint density at radius 2 is 2.23 bits per heavy atom. The molecule has 15 heteroatoms. The Labute approximate surface area is 185 Å². The molecule has 0 bridgehead atoms. The number of thiazole rings is 1. The number of carbonyl (C=O) groups excluding carboxylic acids is 3. The van der Waals surface area contributed by atoms with Crippen molar-refractivity contribution in [3.63, 3.8) is 0 Å². The number of amides is 3. The van der Waals surface area contributed by atoms with Crippen LogP contribution in [0.3, 0.4) is 0 Å². The number of aliphatic hydroxyl groups is 1. The van der Waals surface area contributed by atoms with E-state index in [9.17, 15) is 29.4 Å². The Balaban J connectivity index is 1.81. The van der Waals surface area contributed by atoms with Gasteiger partial charge in [0.05, 0.1) is 6.61 Å². The Kier molecular flexibility index (Phi) is 6.74. The van der Waals surface area contributed by atoms with E-state index in [1.165, 1.54) is 18.9 Å². The number of anilines is 1. The molecule has 2 atom stereocenters. The molecule has 4 N–H and O–H groups in total. The standard InChI is InChI=1S/C15H14BrN5O7S2/c1-28-20-7(6-10(16)30-15(19-6)17-4-23)11(24)18-8-12(25)21-9(14(26)27)5(2-22)3-29-13(8)21/h4,8,13,22H,2-3H2,1H3,(H,18,24)(H,26,27)(H,17,19,23)/b20-7-/t8?,13-/m1/s1. The quantitative estimate of drug-likeness (QED) is 0.154. The van der Waals surface area contributed by atoms with Crippen LogP contribution >= 0.6 is 39.0 Å². The maximum absolute atomic E-state index is 12.8. The van der Waals surface area contributed by atoms with E-state index in [1.54, 1.807) is 0 Å². The fraction of sp³-hybridized carbons (Fsp3) is 0.333. The van der Waals surface area contributed by atoms with Crippen molar-refractivity contribution in [1.82, 2.24) is 15.2 Å². The number of hydrogen-bond acceptors (Lipinski definition) is 10. The lowest BCUT2D eigenvalue weighted by molar-refractivity contribution is -0.150. The molecule has 3 amide bonds.